The first-order valence-electron chi connectivity index (χ1n) is 9.68. The van der Waals surface area contributed by atoms with Crippen LogP contribution in [0.5, 0.6) is 5.75 Å². The van der Waals surface area contributed by atoms with Gasteiger partial charge in [0.1, 0.15) is 5.75 Å². The SMILES string of the molecule is CCCN/C(=C\Cc1ccccc1/C=C(\N)Oc1ccc(N)cc1)C1CC1. The van der Waals surface area contributed by atoms with E-state index in [4.69, 9.17) is 16.2 Å². The van der Waals surface area contributed by atoms with Gasteiger partial charge in [0.25, 0.3) is 0 Å². The van der Waals surface area contributed by atoms with E-state index in [0.717, 1.165) is 30.9 Å². The van der Waals surface area contributed by atoms with Gasteiger partial charge in [-0.05, 0) is 67.0 Å². The lowest BCUT2D eigenvalue weighted by Gasteiger charge is -2.11. The van der Waals surface area contributed by atoms with Crippen LogP contribution in [0.3, 0.4) is 0 Å². The van der Waals surface area contributed by atoms with Crippen LogP contribution in [0.15, 0.2) is 66.2 Å². The molecule has 0 aliphatic heterocycles. The summed E-state index contributed by atoms with van der Waals surface area (Å²) in [5, 5.41) is 3.59. The lowest BCUT2D eigenvalue weighted by molar-refractivity contribution is 0.425. The first-order valence-corrected chi connectivity index (χ1v) is 9.68. The normalized spacial score (nSPS) is 14.9. The molecule has 0 spiro atoms. The van der Waals surface area contributed by atoms with Crippen molar-refractivity contribution in [1.82, 2.24) is 5.32 Å². The Bertz CT molecular complexity index is 805. The first kappa shape index (κ1) is 18.9. The van der Waals surface area contributed by atoms with Gasteiger partial charge in [-0.2, -0.15) is 0 Å². The predicted octanol–water partition coefficient (Wildman–Crippen LogP) is 4.44. The Morgan fingerprint density at radius 3 is 2.59 bits per heavy atom. The average Bonchev–Trinajstić information content (AvgIpc) is 3.50. The molecule has 4 nitrogen and oxygen atoms in total. The van der Waals surface area contributed by atoms with Gasteiger partial charge in [-0.1, -0.05) is 37.3 Å². The van der Waals surface area contributed by atoms with Crippen molar-refractivity contribution in [2.24, 2.45) is 11.7 Å². The summed E-state index contributed by atoms with van der Waals surface area (Å²) in [6.45, 7) is 3.23. The molecule has 0 bridgehead atoms. The third kappa shape index (κ3) is 5.81. The zero-order chi connectivity index (χ0) is 19.1. The fourth-order valence-electron chi connectivity index (χ4n) is 2.98. The molecule has 27 heavy (non-hydrogen) atoms. The van der Waals surface area contributed by atoms with Crippen LogP contribution in [0.25, 0.3) is 6.08 Å². The highest BCUT2D eigenvalue weighted by Crippen LogP contribution is 2.35. The van der Waals surface area contributed by atoms with Crippen LogP contribution in [0, 0.1) is 5.92 Å². The van der Waals surface area contributed by atoms with Crippen molar-refractivity contribution in [3.8, 4) is 5.75 Å². The second-order valence-electron chi connectivity index (χ2n) is 6.98. The molecule has 0 radical (unpaired) electrons. The number of nitrogen functional groups attached to an aromatic ring is 1. The molecular weight excluding hydrogens is 334 g/mol. The van der Waals surface area contributed by atoms with Gasteiger partial charge in [0.15, 0.2) is 5.88 Å². The Morgan fingerprint density at radius 1 is 1.15 bits per heavy atom. The van der Waals surface area contributed by atoms with Gasteiger partial charge in [-0.15, -0.1) is 0 Å². The second-order valence-corrected chi connectivity index (χ2v) is 6.98. The van der Waals surface area contributed by atoms with Crippen LogP contribution in [0.4, 0.5) is 5.69 Å². The number of hydrogen-bond acceptors (Lipinski definition) is 4. The Balaban J connectivity index is 1.71. The second kappa shape index (κ2) is 9.17. The molecule has 5 N–H and O–H groups in total. The van der Waals surface area contributed by atoms with Gasteiger partial charge in [0.05, 0.1) is 0 Å². The molecule has 2 aromatic rings. The van der Waals surface area contributed by atoms with Crippen LogP contribution in [0.2, 0.25) is 0 Å². The molecule has 0 heterocycles. The zero-order valence-electron chi connectivity index (χ0n) is 15.9. The highest BCUT2D eigenvalue weighted by atomic mass is 16.5. The molecule has 3 rings (SSSR count). The minimum Gasteiger partial charge on any atom is -0.442 e. The Morgan fingerprint density at radius 2 is 1.89 bits per heavy atom. The van der Waals surface area contributed by atoms with Crippen molar-refractivity contribution in [2.75, 3.05) is 12.3 Å². The van der Waals surface area contributed by atoms with Crippen molar-refractivity contribution in [3.63, 3.8) is 0 Å². The standard InChI is InChI=1S/C23H29N3O/c1-2-15-26-22(18-7-8-18)14-9-17-5-3-4-6-19(17)16-23(25)27-21-12-10-20(24)11-13-21/h3-6,10-14,16,18,26H,2,7-9,15,24-25H2,1H3/b22-14-,23-16+. The molecule has 4 heteroatoms. The van der Waals surface area contributed by atoms with Crippen molar-refractivity contribution in [1.29, 1.82) is 0 Å². The number of rotatable bonds is 9. The molecule has 0 atom stereocenters. The fraction of sp³-hybridized carbons (Fsp3) is 0.304. The fourth-order valence-corrected chi connectivity index (χ4v) is 2.98. The van der Waals surface area contributed by atoms with Crippen LogP contribution >= 0.6 is 0 Å². The van der Waals surface area contributed by atoms with Gasteiger partial charge in [0, 0.05) is 24.0 Å². The van der Waals surface area contributed by atoms with Gasteiger partial charge < -0.3 is 21.5 Å². The summed E-state index contributed by atoms with van der Waals surface area (Å²) in [4.78, 5) is 0. The van der Waals surface area contributed by atoms with Gasteiger partial charge in [-0.25, -0.2) is 0 Å². The number of nitrogens with one attached hydrogen (secondary N) is 1. The molecule has 0 amide bonds. The van der Waals surface area contributed by atoms with Gasteiger partial charge >= 0.3 is 0 Å². The number of ether oxygens (including phenoxy) is 1. The van der Waals surface area contributed by atoms with Crippen LogP contribution in [-0.2, 0) is 6.42 Å². The van der Waals surface area contributed by atoms with E-state index < -0.39 is 0 Å². The van der Waals surface area contributed by atoms with E-state index in [9.17, 15) is 0 Å². The Hall–Kier alpha value is -2.88. The molecular formula is C23H29N3O. The number of nitrogens with two attached hydrogens (primary N) is 2. The highest BCUT2D eigenvalue weighted by Gasteiger charge is 2.25. The predicted molar refractivity (Wildman–Crippen MR) is 113 cm³/mol. The summed E-state index contributed by atoms with van der Waals surface area (Å²) in [5.41, 5.74) is 16.2. The summed E-state index contributed by atoms with van der Waals surface area (Å²) in [6, 6.07) is 15.5. The maximum absolute atomic E-state index is 6.10. The van der Waals surface area contributed by atoms with Crippen LogP contribution < -0.4 is 21.5 Å². The summed E-state index contributed by atoms with van der Waals surface area (Å²) in [5.74, 6) is 1.76. The molecule has 1 aliphatic rings. The lowest BCUT2D eigenvalue weighted by Crippen LogP contribution is -2.15. The summed E-state index contributed by atoms with van der Waals surface area (Å²) >= 11 is 0. The van der Waals surface area contributed by atoms with Crippen molar-refractivity contribution < 1.29 is 4.74 Å². The molecule has 1 fully saturated rings. The van der Waals surface area contributed by atoms with E-state index in [1.54, 1.807) is 12.1 Å². The number of benzene rings is 2. The molecule has 0 aromatic heterocycles. The smallest absolute Gasteiger partial charge is 0.191 e. The summed E-state index contributed by atoms with van der Waals surface area (Å²) in [7, 11) is 0. The molecule has 2 aromatic carbocycles. The minimum atomic E-state index is 0.364. The number of hydrogen-bond donors (Lipinski definition) is 3. The zero-order valence-corrected chi connectivity index (χ0v) is 15.9. The maximum Gasteiger partial charge on any atom is 0.191 e. The molecule has 1 aliphatic carbocycles. The maximum atomic E-state index is 6.10. The Labute approximate surface area is 161 Å². The largest absolute Gasteiger partial charge is 0.442 e. The van der Waals surface area contributed by atoms with Crippen molar-refractivity contribution in [3.05, 3.63) is 77.3 Å². The van der Waals surface area contributed by atoms with Gasteiger partial charge in [0.2, 0.25) is 0 Å². The van der Waals surface area contributed by atoms with Crippen molar-refractivity contribution >= 4 is 11.8 Å². The first-order chi connectivity index (χ1) is 13.2. The summed E-state index contributed by atoms with van der Waals surface area (Å²) in [6.07, 6.45) is 8.83. The van der Waals surface area contributed by atoms with E-state index in [2.05, 4.69) is 36.5 Å². The van der Waals surface area contributed by atoms with E-state index >= 15 is 0 Å². The minimum absolute atomic E-state index is 0.364. The molecule has 0 saturated heterocycles. The Kier molecular flexibility index (Phi) is 6.42. The van der Waals surface area contributed by atoms with E-state index in [-0.39, 0.29) is 0 Å². The molecule has 1 saturated carbocycles. The lowest BCUT2D eigenvalue weighted by atomic mass is 10.0. The average molecular weight is 364 g/mol. The van der Waals surface area contributed by atoms with Crippen molar-refractivity contribution in [2.45, 2.75) is 32.6 Å². The number of anilines is 1. The molecule has 142 valence electrons. The van der Waals surface area contributed by atoms with E-state index in [1.807, 2.05) is 24.3 Å². The third-order valence-electron chi connectivity index (χ3n) is 4.61. The highest BCUT2D eigenvalue weighted by molar-refractivity contribution is 5.56. The molecule has 0 unspecified atom stereocenters. The number of allylic oxidation sites excluding steroid dienone is 2. The van der Waals surface area contributed by atoms with Gasteiger partial charge in [-0.3, -0.25) is 0 Å². The quantitative estimate of drug-likeness (QED) is 0.455. The summed E-state index contributed by atoms with van der Waals surface area (Å²) < 4.78 is 5.71. The van der Waals surface area contributed by atoms with E-state index in [1.165, 1.54) is 24.1 Å². The monoisotopic (exact) mass is 363 g/mol. The topological polar surface area (TPSA) is 73.3 Å². The van der Waals surface area contributed by atoms with Crippen LogP contribution in [-0.4, -0.2) is 6.54 Å². The van der Waals surface area contributed by atoms with Crippen LogP contribution in [0.1, 0.15) is 37.3 Å². The van der Waals surface area contributed by atoms with E-state index in [0.29, 0.717) is 17.3 Å². The third-order valence-corrected chi connectivity index (χ3v) is 4.61.